The molecule has 0 radical (unpaired) electrons. The van der Waals surface area contributed by atoms with E-state index in [1.54, 1.807) is 6.20 Å². The van der Waals surface area contributed by atoms with Gasteiger partial charge in [-0.2, -0.15) is 18.3 Å². The number of halogens is 3. The average Bonchev–Trinajstić information content (AvgIpc) is 3.12. The summed E-state index contributed by atoms with van der Waals surface area (Å²) in [6, 6.07) is 2.16. The van der Waals surface area contributed by atoms with Crippen LogP contribution in [0.3, 0.4) is 0 Å². The van der Waals surface area contributed by atoms with E-state index in [4.69, 9.17) is 0 Å². The largest absolute Gasteiger partial charge is 0.406 e. The van der Waals surface area contributed by atoms with Gasteiger partial charge in [-0.05, 0) is 25.5 Å². The Balaban J connectivity index is 1.68. The van der Waals surface area contributed by atoms with Crippen molar-refractivity contribution in [3.05, 3.63) is 36.7 Å². The van der Waals surface area contributed by atoms with E-state index in [0.717, 1.165) is 32.4 Å². The lowest BCUT2D eigenvalue weighted by atomic mass is 10.0. The third-order valence-corrected chi connectivity index (χ3v) is 4.20. The van der Waals surface area contributed by atoms with Crippen molar-refractivity contribution in [2.45, 2.75) is 51.1 Å². The highest BCUT2D eigenvalue weighted by Gasteiger charge is 2.30. The maximum atomic E-state index is 12.6. The molecule has 0 aromatic carbocycles. The summed E-state index contributed by atoms with van der Waals surface area (Å²) < 4.78 is 41.0. The molecule has 126 valence electrons. The number of piperidine rings is 1. The Morgan fingerprint density at radius 3 is 2.78 bits per heavy atom. The molecular formula is C15H20F3N5. The number of hydrogen-bond acceptors (Lipinski definition) is 3. The summed E-state index contributed by atoms with van der Waals surface area (Å²) in [5.74, 6) is 0.467. The topological polar surface area (TPSA) is 38.9 Å². The highest BCUT2D eigenvalue weighted by Crippen LogP contribution is 2.22. The molecule has 23 heavy (non-hydrogen) atoms. The highest BCUT2D eigenvalue weighted by atomic mass is 19.4. The Bertz CT molecular complexity index is 605. The second kappa shape index (κ2) is 6.74. The Labute approximate surface area is 132 Å². The van der Waals surface area contributed by atoms with E-state index in [9.17, 15) is 13.2 Å². The molecule has 2 aromatic heterocycles. The van der Waals surface area contributed by atoms with Crippen molar-refractivity contribution in [2.24, 2.45) is 0 Å². The van der Waals surface area contributed by atoms with Gasteiger partial charge in [-0.1, -0.05) is 6.42 Å². The van der Waals surface area contributed by atoms with Crippen LogP contribution in [0.4, 0.5) is 13.2 Å². The molecule has 0 unspecified atom stereocenters. The quantitative estimate of drug-likeness (QED) is 0.847. The Kier molecular flexibility index (Phi) is 4.70. The van der Waals surface area contributed by atoms with Gasteiger partial charge in [-0.15, -0.1) is 0 Å². The zero-order chi connectivity index (χ0) is 16.3. The normalized spacial score (nSPS) is 20.0. The van der Waals surface area contributed by atoms with Crippen LogP contribution in [-0.4, -0.2) is 43.0 Å². The van der Waals surface area contributed by atoms with E-state index in [2.05, 4.69) is 15.0 Å². The maximum absolute atomic E-state index is 12.6. The molecule has 0 bridgehead atoms. The minimum atomic E-state index is -4.23. The fraction of sp³-hybridized carbons (Fsp3) is 0.600. The lowest BCUT2D eigenvalue weighted by molar-refractivity contribution is -0.141. The summed E-state index contributed by atoms with van der Waals surface area (Å²) in [5.41, 5.74) is 0. The molecule has 1 atom stereocenters. The molecule has 1 saturated heterocycles. The fourth-order valence-corrected chi connectivity index (χ4v) is 3.11. The molecule has 3 rings (SSSR count). The van der Waals surface area contributed by atoms with E-state index in [0.29, 0.717) is 12.4 Å². The standard InChI is InChI=1S/C15H20F3N5/c16-15(17,18)12-22-9-6-19-14(22)11-21-7-2-1-4-13(21)10-23-8-3-5-20-23/h3,5-6,8-9,13H,1-2,4,7,10-12H2/t13-/m0/s1. The number of alkyl halides is 3. The van der Waals surface area contributed by atoms with Crippen LogP contribution in [0, 0.1) is 0 Å². The monoisotopic (exact) mass is 327 g/mol. The zero-order valence-corrected chi connectivity index (χ0v) is 12.8. The molecule has 0 saturated carbocycles. The smallest absolute Gasteiger partial charge is 0.325 e. The third kappa shape index (κ3) is 4.34. The molecule has 0 spiro atoms. The van der Waals surface area contributed by atoms with Gasteiger partial charge in [-0.25, -0.2) is 4.98 Å². The summed E-state index contributed by atoms with van der Waals surface area (Å²) >= 11 is 0. The van der Waals surface area contributed by atoms with E-state index in [1.807, 2.05) is 16.9 Å². The molecular weight excluding hydrogens is 307 g/mol. The number of nitrogens with zero attached hydrogens (tertiary/aromatic N) is 5. The predicted molar refractivity (Wildman–Crippen MR) is 78.6 cm³/mol. The van der Waals surface area contributed by atoms with Crippen molar-refractivity contribution in [1.29, 1.82) is 0 Å². The number of hydrogen-bond donors (Lipinski definition) is 0. The minimum Gasteiger partial charge on any atom is -0.325 e. The Hall–Kier alpha value is -1.83. The zero-order valence-electron chi connectivity index (χ0n) is 12.8. The van der Waals surface area contributed by atoms with Crippen molar-refractivity contribution in [3.8, 4) is 0 Å². The molecule has 3 heterocycles. The molecule has 0 amide bonds. The van der Waals surface area contributed by atoms with Gasteiger partial charge in [0.2, 0.25) is 0 Å². The molecule has 5 nitrogen and oxygen atoms in total. The van der Waals surface area contributed by atoms with Crippen LogP contribution in [0.1, 0.15) is 25.1 Å². The molecule has 0 aliphatic carbocycles. The molecule has 8 heteroatoms. The summed E-state index contributed by atoms with van der Waals surface area (Å²) in [6.07, 6.45) is 5.49. The van der Waals surface area contributed by atoms with E-state index >= 15 is 0 Å². The summed E-state index contributed by atoms with van der Waals surface area (Å²) in [5, 5.41) is 4.23. The van der Waals surface area contributed by atoms with Crippen LogP contribution in [0.15, 0.2) is 30.9 Å². The molecule has 1 aliphatic heterocycles. The predicted octanol–water partition coefficient (Wildman–Crippen LogP) is 2.70. The molecule has 1 fully saturated rings. The number of aromatic nitrogens is 4. The average molecular weight is 327 g/mol. The van der Waals surface area contributed by atoms with Crippen LogP contribution in [0.5, 0.6) is 0 Å². The van der Waals surface area contributed by atoms with Gasteiger partial charge < -0.3 is 4.57 Å². The molecule has 0 N–H and O–H groups in total. The SMILES string of the molecule is FC(F)(F)Cn1ccnc1CN1CCCC[C@H]1Cn1cccn1. The van der Waals surface area contributed by atoms with E-state index in [-0.39, 0.29) is 6.04 Å². The lowest BCUT2D eigenvalue weighted by Crippen LogP contribution is -2.42. The van der Waals surface area contributed by atoms with E-state index < -0.39 is 12.7 Å². The van der Waals surface area contributed by atoms with Gasteiger partial charge in [0, 0.05) is 30.8 Å². The first-order chi connectivity index (χ1) is 11.0. The van der Waals surface area contributed by atoms with Crippen molar-refractivity contribution < 1.29 is 13.2 Å². The minimum absolute atomic E-state index is 0.277. The Morgan fingerprint density at radius 1 is 1.17 bits per heavy atom. The van der Waals surface area contributed by atoms with Crippen molar-refractivity contribution in [3.63, 3.8) is 0 Å². The lowest BCUT2D eigenvalue weighted by Gasteiger charge is -2.35. The first-order valence-corrected chi connectivity index (χ1v) is 7.79. The van der Waals surface area contributed by atoms with Crippen molar-refractivity contribution >= 4 is 0 Å². The fourth-order valence-electron chi connectivity index (χ4n) is 3.11. The van der Waals surface area contributed by atoms with Gasteiger partial charge in [0.1, 0.15) is 12.4 Å². The highest BCUT2D eigenvalue weighted by molar-refractivity contribution is 4.95. The van der Waals surface area contributed by atoms with Gasteiger partial charge in [-0.3, -0.25) is 9.58 Å². The van der Waals surface area contributed by atoms with Crippen molar-refractivity contribution in [1.82, 2.24) is 24.2 Å². The van der Waals surface area contributed by atoms with Crippen LogP contribution in [0.2, 0.25) is 0 Å². The number of rotatable bonds is 5. The van der Waals surface area contributed by atoms with Gasteiger partial charge in [0.15, 0.2) is 0 Å². The van der Waals surface area contributed by atoms with Crippen molar-refractivity contribution in [2.75, 3.05) is 6.54 Å². The van der Waals surface area contributed by atoms with E-state index in [1.165, 1.54) is 17.0 Å². The first kappa shape index (κ1) is 16.0. The maximum Gasteiger partial charge on any atom is 0.406 e. The first-order valence-electron chi connectivity index (χ1n) is 7.79. The van der Waals surface area contributed by atoms with Crippen LogP contribution < -0.4 is 0 Å². The third-order valence-electron chi connectivity index (χ3n) is 4.20. The summed E-state index contributed by atoms with van der Waals surface area (Å²) in [7, 11) is 0. The van der Waals surface area contributed by atoms with Gasteiger partial charge in [0.25, 0.3) is 0 Å². The Morgan fingerprint density at radius 2 is 2.04 bits per heavy atom. The van der Waals surface area contributed by atoms with Gasteiger partial charge >= 0.3 is 6.18 Å². The van der Waals surface area contributed by atoms with Gasteiger partial charge in [0.05, 0.1) is 13.1 Å². The van der Waals surface area contributed by atoms with Crippen LogP contribution in [-0.2, 0) is 19.6 Å². The number of imidazole rings is 1. The van der Waals surface area contributed by atoms with Crippen LogP contribution >= 0.6 is 0 Å². The molecule has 1 aliphatic rings. The second-order valence-corrected chi connectivity index (χ2v) is 5.93. The molecule has 2 aromatic rings. The summed E-state index contributed by atoms with van der Waals surface area (Å²) in [4.78, 5) is 6.35. The number of likely N-dealkylation sites (tertiary alicyclic amines) is 1. The van der Waals surface area contributed by atoms with Crippen LogP contribution in [0.25, 0.3) is 0 Å². The second-order valence-electron chi connectivity index (χ2n) is 5.93. The summed E-state index contributed by atoms with van der Waals surface area (Å²) in [6.45, 7) is 1.09.